The summed E-state index contributed by atoms with van der Waals surface area (Å²) < 4.78 is 3.78. The Labute approximate surface area is 179 Å². The molecule has 0 aliphatic carbocycles. The van der Waals surface area contributed by atoms with Crippen LogP contribution in [0.25, 0.3) is 22.5 Å². The van der Waals surface area contributed by atoms with Crippen LogP contribution in [0.3, 0.4) is 0 Å². The maximum atomic E-state index is 12.5. The van der Waals surface area contributed by atoms with Crippen molar-refractivity contribution in [2.45, 2.75) is 6.42 Å². The number of rotatable bonds is 6. The number of pyridine rings is 3. The Morgan fingerprint density at radius 1 is 0.903 bits per heavy atom. The zero-order valence-corrected chi connectivity index (χ0v) is 16.7. The van der Waals surface area contributed by atoms with Crippen LogP contribution in [0.4, 0.5) is 0 Å². The third-order valence-corrected chi connectivity index (χ3v) is 5.09. The first-order chi connectivity index (χ1) is 15.3. The molecule has 5 aromatic heterocycles. The number of carbonyl (C=O) groups is 1. The van der Waals surface area contributed by atoms with E-state index in [1.165, 1.54) is 0 Å². The van der Waals surface area contributed by atoms with Gasteiger partial charge in [0.15, 0.2) is 5.69 Å². The quantitative estimate of drug-likeness (QED) is 0.466. The molecule has 0 saturated carbocycles. The molecule has 0 spiro atoms. The van der Waals surface area contributed by atoms with Gasteiger partial charge in [0.2, 0.25) is 0 Å². The van der Waals surface area contributed by atoms with Crippen molar-refractivity contribution in [3.8, 4) is 16.9 Å². The lowest BCUT2D eigenvalue weighted by Gasteiger charge is -2.07. The van der Waals surface area contributed by atoms with E-state index in [1.807, 2.05) is 42.5 Å². The third-order valence-electron chi connectivity index (χ3n) is 5.09. The van der Waals surface area contributed by atoms with E-state index in [4.69, 9.17) is 0 Å². The highest BCUT2D eigenvalue weighted by molar-refractivity contribution is 5.92. The van der Waals surface area contributed by atoms with E-state index in [2.05, 4.69) is 43.1 Å². The Morgan fingerprint density at radius 2 is 1.77 bits per heavy atom. The van der Waals surface area contributed by atoms with Gasteiger partial charge >= 0.3 is 0 Å². The van der Waals surface area contributed by atoms with Crippen LogP contribution in [0, 0.1) is 0 Å². The van der Waals surface area contributed by atoms with Gasteiger partial charge < -0.3 is 9.72 Å². The molecular weight excluding hydrogens is 388 g/mol. The Balaban J connectivity index is 1.35. The summed E-state index contributed by atoms with van der Waals surface area (Å²) in [5.74, 6) is 0.659. The summed E-state index contributed by atoms with van der Waals surface area (Å²) in [6.07, 6.45) is 9.85. The van der Waals surface area contributed by atoms with E-state index in [-0.39, 0.29) is 5.91 Å². The van der Waals surface area contributed by atoms with Gasteiger partial charge in [0, 0.05) is 55.2 Å². The lowest BCUT2D eigenvalue weighted by atomic mass is 10.1. The average molecular weight is 408 g/mol. The minimum Gasteiger partial charge on any atom is -0.350 e. The number of hydrogen-bond acceptors (Lipinski definition) is 4. The van der Waals surface area contributed by atoms with Crippen molar-refractivity contribution in [3.63, 3.8) is 0 Å². The number of nitrogens with zero attached hydrogens (tertiary/aromatic N) is 5. The summed E-state index contributed by atoms with van der Waals surface area (Å²) in [6, 6.07) is 19.6. The number of fused-ring (bicyclic) bond motifs is 1. The van der Waals surface area contributed by atoms with Gasteiger partial charge in [0.25, 0.3) is 5.91 Å². The largest absolute Gasteiger partial charge is 0.350 e. The maximum Gasteiger partial charge on any atom is 0.271 e. The minimum atomic E-state index is -0.201. The molecule has 5 aromatic rings. The van der Waals surface area contributed by atoms with Crippen molar-refractivity contribution in [2.75, 3.05) is 6.54 Å². The molecule has 1 N–H and O–H groups in total. The molecule has 0 saturated heterocycles. The molecule has 5 rings (SSSR count). The zero-order valence-electron chi connectivity index (χ0n) is 16.7. The first-order valence-corrected chi connectivity index (χ1v) is 10.0. The summed E-state index contributed by atoms with van der Waals surface area (Å²) in [4.78, 5) is 20.9. The second kappa shape index (κ2) is 8.23. The highest BCUT2D eigenvalue weighted by atomic mass is 16.1. The van der Waals surface area contributed by atoms with Crippen LogP contribution in [-0.2, 0) is 6.42 Å². The molecule has 5 heterocycles. The Morgan fingerprint density at radius 3 is 2.61 bits per heavy atom. The number of nitrogens with one attached hydrogen (secondary N) is 1. The molecule has 0 unspecified atom stereocenters. The molecule has 0 atom stereocenters. The van der Waals surface area contributed by atoms with Crippen LogP contribution >= 0.6 is 0 Å². The van der Waals surface area contributed by atoms with Crippen LogP contribution < -0.4 is 5.32 Å². The highest BCUT2D eigenvalue weighted by Gasteiger charge is 2.12. The third kappa shape index (κ3) is 3.93. The van der Waals surface area contributed by atoms with Gasteiger partial charge in [-0.05, 0) is 59.7 Å². The Hall–Kier alpha value is -4.26. The van der Waals surface area contributed by atoms with Crippen molar-refractivity contribution >= 4 is 11.4 Å². The number of carbonyl (C=O) groups excluding carboxylic acids is 1. The molecule has 152 valence electrons. The molecule has 0 radical (unpaired) electrons. The molecule has 7 heteroatoms. The molecule has 0 bridgehead atoms. The Bertz CT molecular complexity index is 1320. The summed E-state index contributed by atoms with van der Waals surface area (Å²) in [5.41, 5.74) is 4.53. The maximum absolute atomic E-state index is 12.5. The van der Waals surface area contributed by atoms with Gasteiger partial charge in [0.05, 0.1) is 0 Å². The van der Waals surface area contributed by atoms with E-state index >= 15 is 0 Å². The van der Waals surface area contributed by atoms with Crippen LogP contribution in [0.2, 0.25) is 0 Å². The SMILES string of the molecule is O=C(NCCc1ccccn1)c1ccn(-c2ccc3ccc(-c4ccncc4)cn23)n1. The normalized spacial score (nSPS) is 11.0. The molecule has 7 nitrogen and oxygen atoms in total. The summed E-state index contributed by atoms with van der Waals surface area (Å²) in [7, 11) is 0. The minimum absolute atomic E-state index is 0.201. The fraction of sp³-hybridized carbons (Fsp3) is 0.0833. The zero-order chi connectivity index (χ0) is 21.0. The number of aromatic nitrogens is 5. The van der Waals surface area contributed by atoms with Crippen LogP contribution in [0.15, 0.2) is 91.6 Å². The van der Waals surface area contributed by atoms with Crippen LogP contribution in [0.5, 0.6) is 0 Å². The van der Waals surface area contributed by atoms with Gasteiger partial charge in [-0.2, -0.15) is 5.10 Å². The number of hydrogen-bond donors (Lipinski definition) is 1. The summed E-state index contributed by atoms with van der Waals surface area (Å²) in [5, 5.41) is 7.40. The first kappa shape index (κ1) is 18.7. The topological polar surface area (TPSA) is 77.1 Å². The standard InChI is InChI=1S/C24H20N6O/c31-24(27-15-10-20-3-1-2-12-26-20)22-11-16-30(28-22)23-7-6-21-5-4-19(17-29(21)23)18-8-13-25-14-9-18/h1-9,11-14,16-17H,10,15H2,(H,27,31). The average Bonchev–Trinajstić information content (AvgIpc) is 3.47. The van der Waals surface area contributed by atoms with Gasteiger partial charge in [-0.25, -0.2) is 4.68 Å². The van der Waals surface area contributed by atoms with Gasteiger partial charge in [-0.3, -0.25) is 14.8 Å². The van der Waals surface area contributed by atoms with Gasteiger partial charge in [-0.1, -0.05) is 12.1 Å². The fourth-order valence-electron chi connectivity index (χ4n) is 3.50. The molecule has 1 amide bonds. The van der Waals surface area contributed by atoms with Crippen molar-refractivity contribution in [3.05, 3.63) is 103 Å². The predicted octanol–water partition coefficient (Wildman–Crippen LogP) is 3.55. The first-order valence-electron chi connectivity index (χ1n) is 10.0. The van der Waals surface area contributed by atoms with E-state index in [9.17, 15) is 4.79 Å². The summed E-state index contributed by atoms with van der Waals surface area (Å²) in [6.45, 7) is 0.506. The van der Waals surface area contributed by atoms with Crippen LogP contribution in [0.1, 0.15) is 16.2 Å². The molecular formula is C24H20N6O. The highest BCUT2D eigenvalue weighted by Crippen LogP contribution is 2.22. The molecule has 0 aliphatic heterocycles. The van der Waals surface area contributed by atoms with Gasteiger partial charge in [-0.15, -0.1) is 0 Å². The monoisotopic (exact) mass is 408 g/mol. The second-order valence-corrected chi connectivity index (χ2v) is 7.11. The second-order valence-electron chi connectivity index (χ2n) is 7.11. The van der Waals surface area contributed by atoms with Crippen LogP contribution in [-0.4, -0.2) is 36.6 Å². The van der Waals surface area contributed by atoms with Crippen molar-refractivity contribution < 1.29 is 4.79 Å². The lowest BCUT2D eigenvalue weighted by Crippen LogP contribution is -2.26. The molecule has 0 fully saturated rings. The Kier molecular flexibility index (Phi) is 4.98. The van der Waals surface area contributed by atoms with E-state index in [0.29, 0.717) is 18.7 Å². The van der Waals surface area contributed by atoms with Crippen molar-refractivity contribution in [1.82, 2.24) is 29.5 Å². The number of amides is 1. The van der Waals surface area contributed by atoms with Crippen molar-refractivity contribution in [2.24, 2.45) is 0 Å². The van der Waals surface area contributed by atoms with Gasteiger partial charge in [0.1, 0.15) is 5.82 Å². The fourth-order valence-corrected chi connectivity index (χ4v) is 3.50. The summed E-state index contributed by atoms with van der Waals surface area (Å²) >= 11 is 0. The molecule has 0 aliphatic rings. The van der Waals surface area contributed by atoms with E-state index < -0.39 is 0 Å². The van der Waals surface area contributed by atoms with E-state index in [1.54, 1.807) is 35.5 Å². The lowest BCUT2D eigenvalue weighted by molar-refractivity contribution is 0.0948. The van der Waals surface area contributed by atoms with E-state index in [0.717, 1.165) is 28.2 Å². The molecule has 31 heavy (non-hydrogen) atoms. The predicted molar refractivity (Wildman–Crippen MR) is 118 cm³/mol. The smallest absolute Gasteiger partial charge is 0.271 e. The molecule has 0 aromatic carbocycles. The van der Waals surface area contributed by atoms with Crippen molar-refractivity contribution in [1.29, 1.82) is 0 Å².